The number of piperidine rings is 1. The molecule has 2 heteroatoms. The van der Waals surface area contributed by atoms with Crippen molar-refractivity contribution < 1.29 is 0 Å². The molecule has 2 unspecified atom stereocenters. The van der Waals surface area contributed by atoms with Crippen molar-refractivity contribution in [2.75, 3.05) is 0 Å². The minimum atomic E-state index is 0.594. The van der Waals surface area contributed by atoms with Crippen LogP contribution in [0.15, 0.2) is 65.1 Å². The normalized spacial score (nSPS) is 24.3. The van der Waals surface area contributed by atoms with Crippen molar-refractivity contribution in [3.8, 4) is 0 Å². The highest BCUT2D eigenvalue weighted by molar-refractivity contribution is 9.10. The lowest BCUT2D eigenvalue weighted by Gasteiger charge is -2.45. The van der Waals surface area contributed by atoms with E-state index in [-0.39, 0.29) is 0 Å². The van der Waals surface area contributed by atoms with E-state index in [2.05, 4.69) is 81.5 Å². The highest BCUT2D eigenvalue weighted by Gasteiger charge is 2.33. The molecule has 2 aromatic rings. The highest BCUT2D eigenvalue weighted by Crippen LogP contribution is 2.38. The van der Waals surface area contributed by atoms with Gasteiger partial charge in [-0.3, -0.25) is 4.90 Å². The standard InChI is InChI=1S/C21H22BrN/c22-19-9-4-8-17(12-19)18-13-20-10-5-11-21(14-18)23(20)15-16-6-2-1-3-7-16/h1-4,6-9,12-13,20-21H,5,10-11,14-15H2. The molecule has 4 rings (SSSR count). The van der Waals surface area contributed by atoms with Gasteiger partial charge in [0.25, 0.3) is 0 Å². The van der Waals surface area contributed by atoms with Crippen LogP contribution in [-0.4, -0.2) is 17.0 Å². The van der Waals surface area contributed by atoms with E-state index in [0.29, 0.717) is 12.1 Å². The monoisotopic (exact) mass is 367 g/mol. The fourth-order valence-corrected chi connectivity index (χ4v) is 4.46. The molecule has 0 spiro atoms. The van der Waals surface area contributed by atoms with Crippen LogP contribution in [0.2, 0.25) is 0 Å². The SMILES string of the molecule is Brc1cccc(C2=CC3CCCC(C2)N3Cc2ccccc2)c1. The van der Waals surface area contributed by atoms with E-state index in [0.717, 1.165) is 6.54 Å². The van der Waals surface area contributed by atoms with E-state index < -0.39 is 0 Å². The smallest absolute Gasteiger partial charge is 0.0290 e. The summed E-state index contributed by atoms with van der Waals surface area (Å²) in [5, 5.41) is 0. The second kappa shape index (κ2) is 6.62. The van der Waals surface area contributed by atoms with E-state index in [4.69, 9.17) is 0 Å². The molecule has 1 saturated heterocycles. The van der Waals surface area contributed by atoms with Crippen molar-refractivity contribution in [2.45, 2.75) is 44.3 Å². The topological polar surface area (TPSA) is 3.24 Å². The van der Waals surface area contributed by atoms with Gasteiger partial charge in [-0.15, -0.1) is 0 Å². The molecule has 1 fully saturated rings. The molecule has 23 heavy (non-hydrogen) atoms. The van der Waals surface area contributed by atoms with Gasteiger partial charge in [-0.05, 0) is 48.1 Å². The molecule has 118 valence electrons. The van der Waals surface area contributed by atoms with E-state index >= 15 is 0 Å². The lowest BCUT2D eigenvalue weighted by Crippen LogP contribution is -2.47. The van der Waals surface area contributed by atoms with Crippen LogP contribution < -0.4 is 0 Å². The first-order valence-electron chi connectivity index (χ1n) is 8.56. The third kappa shape index (κ3) is 3.29. The molecule has 0 amide bonds. The zero-order chi connectivity index (χ0) is 15.6. The molecule has 2 aliphatic heterocycles. The molecule has 0 radical (unpaired) electrons. The Kier molecular flexibility index (Phi) is 4.37. The number of hydrogen-bond donors (Lipinski definition) is 0. The van der Waals surface area contributed by atoms with Crippen LogP contribution in [0, 0.1) is 0 Å². The Bertz CT molecular complexity index is 707. The highest BCUT2D eigenvalue weighted by atomic mass is 79.9. The summed E-state index contributed by atoms with van der Waals surface area (Å²) in [6, 6.07) is 21.0. The number of hydrogen-bond acceptors (Lipinski definition) is 1. The number of fused-ring (bicyclic) bond motifs is 2. The van der Waals surface area contributed by atoms with Crippen LogP contribution >= 0.6 is 15.9 Å². The quantitative estimate of drug-likeness (QED) is 0.676. The molecular formula is C21H22BrN. The fourth-order valence-electron chi connectivity index (χ4n) is 4.06. The van der Waals surface area contributed by atoms with Gasteiger partial charge in [0.2, 0.25) is 0 Å². The van der Waals surface area contributed by atoms with E-state index in [9.17, 15) is 0 Å². The lowest BCUT2D eigenvalue weighted by atomic mass is 9.82. The van der Waals surface area contributed by atoms with Crippen molar-refractivity contribution >= 4 is 21.5 Å². The molecule has 0 aromatic heterocycles. The molecular weight excluding hydrogens is 346 g/mol. The Hall–Kier alpha value is -1.38. The van der Waals surface area contributed by atoms with Gasteiger partial charge < -0.3 is 0 Å². The Morgan fingerprint density at radius 3 is 2.65 bits per heavy atom. The Morgan fingerprint density at radius 1 is 1.00 bits per heavy atom. The first-order chi connectivity index (χ1) is 11.3. The second-order valence-electron chi connectivity index (χ2n) is 6.72. The van der Waals surface area contributed by atoms with Crippen LogP contribution in [-0.2, 0) is 6.54 Å². The molecule has 2 heterocycles. The number of nitrogens with zero attached hydrogens (tertiary/aromatic N) is 1. The zero-order valence-electron chi connectivity index (χ0n) is 13.3. The van der Waals surface area contributed by atoms with Crippen molar-refractivity contribution in [1.82, 2.24) is 4.90 Å². The number of halogens is 1. The van der Waals surface area contributed by atoms with Gasteiger partial charge in [0, 0.05) is 23.1 Å². The number of rotatable bonds is 3. The average Bonchev–Trinajstić information content (AvgIpc) is 2.55. The summed E-state index contributed by atoms with van der Waals surface area (Å²) < 4.78 is 1.17. The summed E-state index contributed by atoms with van der Waals surface area (Å²) >= 11 is 3.61. The van der Waals surface area contributed by atoms with E-state index in [1.54, 1.807) is 0 Å². The molecule has 2 bridgehead atoms. The Labute approximate surface area is 147 Å². The Balaban J connectivity index is 1.60. The zero-order valence-corrected chi connectivity index (χ0v) is 14.9. The third-order valence-corrected chi connectivity index (χ3v) is 5.68. The van der Waals surface area contributed by atoms with Gasteiger partial charge in [0.15, 0.2) is 0 Å². The molecule has 1 nitrogen and oxygen atoms in total. The van der Waals surface area contributed by atoms with Gasteiger partial charge in [0.1, 0.15) is 0 Å². The third-order valence-electron chi connectivity index (χ3n) is 5.18. The van der Waals surface area contributed by atoms with Crippen molar-refractivity contribution in [2.24, 2.45) is 0 Å². The van der Waals surface area contributed by atoms with Gasteiger partial charge >= 0.3 is 0 Å². The summed E-state index contributed by atoms with van der Waals surface area (Å²) in [4.78, 5) is 2.72. The minimum Gasteiger partial charge on any atom is -0.289 e. The van der Waals surface area contributed by atoms with Crippen molar-refractivity contribution in [3.05, 3.63) is 76.3 Å². The molecule has 0 saturated carbocycles. The fraction of sp³-hybridized carbons (Fsp3) is 0.333. The van der Waals surface area contributed by atoms with Crippen LogP contribution in [0.5, 0.6) is 0 Å². The van der Waals surface area contributed by atoms with Gasteiger partial charge in [-0.2, -0.15) is 0 Å². The van der Waals surface area contributed by atoms with Crippen LogP contribution in [0.1, 0.15) is 36.8 Å². The predicted molar refractivity (Wildman–Crippen MR) is 100 cm³/mol. The first kappa shape index (κ1) is 15.2. The average molecular weight is 368 g/mol. The summed E-state index contributed by atoms with van der Waals surface area (Å²) in [5.74, 6) is 0. The maximum atomic E-state index is 3.61. The molecule has 0 N–H and O–H groups in total. The molecule has 2 atom stereocenters. The molecule has 2 aromatic carbocycles. The van der Waals surface area contributed by atoms with Gasteiger partial charge in [0.05, 0.1) is 0 Å². The van der Waals surface area contributed by atoms with Crippen molar-refractivity contribution in [1.29, 1.82) is 0 Å². The van der Waals surface area contributed by atoms with E-state index in [1.807, 2.05) is 0 Å². The van der Waals surface area contributed by atoms with Gasteiger partial charge in [-0.25, -0.2) is 0 Å². The van der Waals surface area contributed by atoms with Crippen LogP contribution in [0.3, 0.4) is 0 Å². The first-order valence-corrected chi connectivity index (χ1v) is 9.35. The van der Waals surface area contributed by atoms with Gasteiger partial charge in [-0.1, -0.05) is 70.9 Å². The summed E-state index contributed by atoms with van der Waals surface area (Å²) in [7, 11) is 0. The summed E-state index contributed by atoms with van der Waals surface area (Å²) in [6.07, 6.45) is 7.69. The predicted octanol–water partition coefficient (Wildman–Crippen LogP) is 5.66. The number of benzene rings is 2. The molecule has 0 aliphatic carbocycles. The Morgan fingerprint density at radius 2 is 1.87 bits per heavy atom. The maximum absolute atomic E-state index is 3.61. The second-order valence-corrected chi connectivity index (χ2v) is 7.63. The van der Waals surface area contributed by atoms with Crippen molar-refractivity contribution in [3.63, 3.8) is 0 Å². The maximum Gasteiger partial charge on any atom is 0.0290 e. The van der Waals surface area contributed by atoms with Crippen LogP contribution in [0.25, 0.3) is 5.57 Å². The molecule has 2 aliphatic rings. The largest absolute Gasteiger partial charge is 0.289 e. The summed E-state index contributed by atoms with van der Waals surface area (Å²) in [6.45, 7) is 1.08. The van der Waals surface area contributed by atoms with Crippen LogP contribution in [0.4, 0.5) is 0 Å². The summed E-state index contributed by atoms with van der Waals surface area (Å²) in [5.41, 5.74) is 4.35. The van der Waals surface area contributed by atoms with E-state index in [1.165, 1.54) is 46.9 Å². The minimum absolute atomic E-state index is 0.594. The lowest BCUT2D eigenvalue weighted by molar-refractivity contribution is 0.0951.